The van der Waals surface area contributed by atoms with Crippen molar-refractivity contribution in [2.45, 2.75) is 19.4 Å². The van der Waals surface area contributed by atoms with Crippen molar-refractivity contribution >= 4 is 29.1 Å². The van der Waals surface area contributed by atoms with Gasteiger partial charge in [-0.1, -0.05) is 36.4 Å². The van der Waals surface area contributed by atoms with E-state index in [0.29, 0.717) is 23.4 Å². The molecule has 1 fully saturated rings. The van der Waals surface area contributed by atoms with E-state index in [4.69, 9.17) is 0 Å². The number of anilines is 2. The molecular formula is C28H30N4O3. The molecule has 7 heteroatoms. The fourth-order valence-corrected chi connectivity index (χ4v) is 4.10. The zero-order valence-electron chi connectivity index (χ0n) is 19.9. The van der Waals surface area contributed by atoms with Gasteiger partial charge in [0.05, 0.1) is 6.54 Å². The Labute approximate surface area is 205 Å². The van der Waals surface area contributed by atoms with E-state index in [2.05, 4.69) is 10.6 Å². The minimum absolute atomic E-state index is 0.0515. The van der Waals surface area contributed by atoms with Crippen molar-refractivity contribution in [2.24, 2.45) is 0 Å². The molecule has 1 aliphatic heterocycles. The number of rotatable bonds is 8. The Morgan fingerprint density at radius 1 is 0.829 bits per heavy atom. The minimum Gasteiger partial charge on any atom is -0.376 e. The fraction of sp³-hybridized carbons (Fsp3) is 0.250. The fourth-order valence-electron chi connectivity index (χ4n) is 4.10. The highest BCUT2D eigenvalue weighted by Crippen LogP contribution is 2.16. The molecule has 3 amide bonds. The van der Waals surface area contributed by atoms with Gasteiger partial charge in [0.25, 0.3) is 11.8 Å². The molecular weight excluding hydrogens is 440 g/mol. The zero-order valence-corrected chi connectivity index (χ0v) is 19.9. The van der Waals surface area contributed by atoms with Gasteiger partial charge in [0.1, 0.15) is 0 Å². The third-order valence-electron chi connectivity index (χ3n) is 5.98. The molecule has 35 heavy (non-hydrogen) atoms. The van der Waals surface area contributed by atoms with E-state index >= 15 is 0 Å². The van der Waals surface area contributed by atoms with E-state index in [1.165, 1.54) is 0 Å². The summed E-state index contributed by atoms with van der Waals surface area (Å²) in [5.41, 5.74) is 3.52. The number of carbonyl (C=O) groups excluding carboxylic acids is 3. The number of carbonyl (C=O) groups is 3. The Bertz CT molecular complexity index is 1170. The molecule has 0 bridgehead atoms. The molecule has 3 aromatic rings. The van der Waals surface area contributed by atoms with E-state index < -0.39 is 0 Å². The van der Waals surface area contributed by atoms with Crippen LogP contribution in [0.3, 0.4) is 0 Å². The van der Waals surface area contributed by atoms with Gasteiger partial charge >= 0.3 is 0 Å². The van der Waals surface area contributed by atoms with Crippen molar-refractivity contribution in [1.29, 1.82) is 0 Å². The van der Waals surface area contributed by atoms with Gasteiger partial charge in [-0.05, 0) is 60.9 Å². The lowest BCUT2D eigenvalue weighted by Crippen LogP contribution is -2.27. The molecule has 4 rings (SSSR count). The first-order valence-electron chi connectivity index (χ1n) is 11.8. The molecule has 0 aliphatic carbocycles. The number of amides is 3. The van der Waals surface area contributed by atoms with Crippen LogP contribution in [0, 0.1) is 0 Å². The van der Waals surface area contributed by atoms with Crippen molar-refractivity contribution in [2.75, 3.05) is 37.3 Å². The lowest BCUT2D eigenvalue weighted by atomic mass is 10.1. The molecule has 0 radical (unpaired) electrons. The van der Waals surface area contributed by atoms with Gasteiger partial charge < -0.3 is 20.4 Å². The van der Waals surface area contributed by atoms with Gasteiger partial charge in [-0.25, -0.2) is 0 Å². The second-order valence-electron chi connectivity index (χ2n) is 8.71. The van der Waals surface area contributed by atoms with Crippen LogP contribution in [0.4, 0.5) is 11.4 Å². The first-order chi connectivity index (χ1) is 17.0. The maximum absolute atomic E-state index is 12.8. The summed E-state index contributed by atoms with van der Waals surface area (Å²) in [6.45, 7) is 2.19. The highest BCUT2D eigenvalue weighted by molar-refractivity contribution is 5.98. The van der Waals surface area contributed by atoms with E-state index in [1.807, 2.05) is 35.2 Å². The number of nitrogens with one attached hydrogen (secondary N) is 2. The van der Waals surface area contributed by atoms with Crippen LogP contribution in [0.2, 0.25) is 0 Å². The van der Waals surface area contributed by atoms with Gasteiger partial charge in [0, 0.05) is 49.2 Å². The van der Waals surface area contributed by atoms with Crippen molar-refractivity contribution in [1.82, 2.24) is 9.80 Å². The average Bonchev–Trinajstić information content (AvgIpc) is 3.43. The molecule has 0 aromatic heterocycles. The van der Waals surface area contributed by atoms with E-state index in [9.17, 15) is 14.4 Å². The van der Waals surface area contributed by atoms with Crippen LogP contribution >= 0.6 is 0 Å². The third-order valence-corrected chi connectivity index (χ3v) is 5.98. The van der Waals surface area contributed by atoms with E-state index in [1.54, 1.807) is 60.5 Å². The van der Waals surface area contributed by atoms with Crippen LogP contribution < -0.4 is 10.6 Å². The van der Waals surface area contributed by atoms with Crippen LogP contribution in [0.15, 0.2) is 78.9 Å². The van der Waals surface area contributed by atoms with Crippen molar-refractivity contribution in [3.05, 3.63) is 95.6 Å². The van der Waals surface area contributed by atoms with E-state index in [-0.39, 0.29) is 24.3 Å². The zero-order chi connectivity index (χ0) is 24.6. The molecule has 1 saturated heterocycles. The van der Waals surface area contributed by atoms with Crippen LogP contribution in [0.5, 0.6) is 0 Å². The molecule has 1 aliphatic rings. The Balaban J connectivity index is 1.28. The van der Waals surface area contributed by atoms with Gasteiger partial charge in [-0.3, -0.25) is 14.4 Å². The highest BCUT2D eigenvalue weighted by atomic mass is 16.2. The van der Waals surface area contributed by atoms with Gasteiger partial charge in [0.2, 0.25) is 5.91 Å². The summed E-state index contributed by atoms with van der Waals surface area (Å²) in [7, 11) is 1.76. The van der Waals surface area contributed by atoms with Crippen LogP contribution in [0.25, 0.3) is 0 Å². The van der Waals surface area contributed by atoms with Crippen LogP contribution in [-0.4, -0.2) is 54.2 Å². The quantitative estimate of drug-likeness (QED) is 0.516. The standard InChI is InChI=1S/C28H30N4O3/c1-31(20-21-8-3-2-4-9-21)27(34)23-10-7-11-25(18-23)30-26(33)19-29-24-14-12-22(13-15-24)28(35)32-16-5-6-17-32/h2-4,7-15,18,29H,5-6,16-17,19-20H2,1H3,(H,30,33). The number of nitrogens with zero attached hydrogens (tertiary/aromatic N) is 2. The van der Waals surface area contributed by atoms with Crippen LogP contribution in [-0.2, 0) is 11.3 Å². The monoisotopic (exact) mass is 470 g/mol. The molecule has 2 N–H and O–H groups in total. The predicted octanol–water partition coefficient (Wildman–Crippen LogP) is 4.25. The molecule has 3 aromatic carbocycles. The lowest BCUT2D eigenvalue weighted by Gasteiger charge is -2.18. The topological polar surface area (TPSA) is 81.8 Å². The average molecular weight is 471 g/mol. The largest absolute Gasteiger partial charge is 0.376 e. The summed E-state index contributed by atoms with van der Waals surface area (Å²) in [6.07, 6.45) is 2.11. The highest BCUT2D eigenvalue weighted by Gasteiger charge is 2.19. The first-order valence-corrected chi connectivity index (χ1v) is 11.8. The smallest absolute Gasteiger partial charge is 0.253 e. The van der Waals surface area contributed by atoms with E-state index in [0.717, 1.165) is 37.2 Å². The molecule has 7 nitrogen and oxygen atoms in total. The number of hydrogen-bond donors (Lipinski definition) is 2. The minimum atomic E-state index is -0.232. The number of hydrogen-bond acceptors (Lipinski definition) is 4. The SMILES string of the molecule is CN(Cc1ccccc1)C(=O)c1cccc(NC(=O)CNc2ccc(C(=O)N3CCCC3)cc2)c1. The first kappa shape index (κ1) is 24.0. The Morgan fingerprint density at radius 2 is 1.54 bits per heavy atom. The normalized spacial score (nSPS) is 12.8. The van der Waals surface area contributed by atoms with Crippen molar-refractivity contribution in [3.63, 3.8) is 0 Å². The molecule has 0 spiro atoms. The predicted molar refractivity (Wildman–Crippen MR) is 137 cm³/mol. The Kier molecular flexibility index (Phi) is 7.77. The molecule has 180 valence electrons. The summed E-state index contributed by atoms with van der Waals surface area (Å²) in [6, 6.07) is 23.9. The summed E-state index contributed by atoms with van der Waals surface area (Å²) in [5, 5.41) is 5.90. The second-order valence-corrected chi connectivity index (χ2v) is 8.71. The second kappa shape index (κ2) is 11.3. The Hall–Kier alpha value is -4.13. The van der Waals surface area contributed by atoms with Gasteiger partial charge in [-0.15, -0.1) is 0 Å². The summed E-state index contributed by atoms with van der Waals surface area (Å²) in [4.78, 5) is 41.3. The van der Waals surface area contributed by atoms with Crippen molar-refractivity contribution < 1.29 is 14.4 Å². The molecule has 0 unspecified atom stereocenters. The summed E-state index contributed by atoms with van der Waals surface area (Å²) in [5.74, 6) is -0.299. The summed E-state index contributed by atoms with van der Waals surface area (Å²) >= 11 is 0. The maximum atomic E-state index is 12.8. The maximum Gasteiger partial charge on any atom is 0.253 e. The number of likely N-dealkylation sites (tertiary alicyclic amines) is 1. The third kappa shape index (κ3) is 6.47. The summed E-state index contributed by atoms with van der Waals surface area (Å²) < 4.78 is 0. The molecule has 0 atom stereocenters. The van der Waals surface area contributed by atoms with Gasteiger partial charge in [-0.2, -0.15) is 0 Å². The van der Waals surface area contributed by atoms with Crippen molar-refractivity contribution in [3.8, 4) is 0 Å². The van der Waals surface area contributed by atoms with Gasteiger partial charge in [0.15, 0.2) is 0 Å². The van der Waals surface area contributed by atoms with Crippen LogP contribution in [0.1, 0.15) is 39.1 Å². The Morgan fingerprint density at radius 3 is 2.26 bits per heavy atom. The lowest BCUT2D eigenvalue weighted by molar-refractivity contribution is -0.114. The molecule has 1 heterocycles. The molecule has 0 saturated carbocycles. The number of benzene rings is 3.